The third kappa shape index (κ3) is 4.97. The lowest BCUT2D eigenvalue weighted by atomic mass is 10.1. The number of hydrogen-bond acceptors (Lipinski definition) is 6. The summed E-state index contributed by atoms with van der Waals surface area (Å²) in [5.41, 5.74) is 7.14. The molecular weight excluding hydrogens is 375 g/mol. The van der Waals surface area contributed by atoms with Crippen LogP contribution in [0, 0.1) is 18.7 Å². The van der Waals surface area contributed by atoms with Crippen LogP contribution in [0.2, 0.25) is 0 Å². The van der Waals surface area contributed by atoms with Crippen molar-refractivity contribution in [3.63, 3.8) is 0 Å². The minimum Gasteiger partial charge on any atom is -0.477 e. The van der Waals surface area contributed by atoms with Gasteiger partial charge in [-0.1, -0.05) is 6.58 Å². The largest absolute Gasteiger partial charge is 0.477 e. The standard InChI is InChI=1S/C21H23FN4O3/c1-3-24-21(29-12-14-6-8-28-11-14)18-13(2)9-15(10-16(18)22)26-20(27)19-17(23)5-4-7-25-19/h3-5,7,9-10,14H,1,6,8,11-12,23H2,2H3,(H,26,27)/b24-21+. The predicted octanol–water partition coefficient (Wildman–Crippen LogP) is 3.31. The number of pyridine rings is 1. The van der Waals surface area contributed by atoms with Gasteiger partial charge >= 0.3 is 0 Å². The van der Waals surface area contributed by atoms with Crippen LogP contribution in [0.25, 0.3) is 0 Å². The highest BCUT2D eigenvalue weighted by Crippen LogP contribution is 2.23. The lowest BCUT2D eigenvalue weighted by molar-refractivity contribution is 0.102. The quantitative estimate of drug-likeness (QED) is 0.575. The maximum Gasteiger partial charge on any atom is 0.276 e. The number of carbonyl (C=O) groups excluding carboxylic acids is 1. The molecule has 1 unspecified atom stereocenters. The number of rotatable bonds is 6. The molecule has 152 valence electrons. The smallest absolute Gasteiger partial charge is 0.276 e. The number of amides is 1. The zero-order valence-electron chi connectivity index (χ0n) is 16.2. The molecule has 1 atom stereocenters. The summed E-state index contributed by atoms with van der Waals surface area (Å²) in [6, 6.07) is 6.04. The van der Waals surface area contributed by atoms with Crippen LogP contribution in [0.1, 0.15) is 28.0 Å². The molecule has 1 fully saturated rings. The Morgan fingerprint density at radius 2 is 2.38 bits per heavy atom. The van der Waals surface area contributed by atoms with Crippen LogP contribution in [-0.4, -0.2) is 36.6 Å². The molecule has 7 nitrogen and oxygen atoms in total. The number of nitrogens with two attached hydrogens (primary N) is 1. The fourth-order valence-corrected chi connectivity index (χ4v) is 3.05. The van der Waals surface area contributed by atoms with Crippen molar-refractivity contribution < 1.29 is 18.7 Å². The normalized spacial score (nSPS) is 16.5. The Kier molecular flexibility index (Phi) is 6.56. The van der Waals surface area contributed by atoms with E-state index < -0.39 is 11.7 Å². The fourth-order valence-electron chi connectivity index (χ4n) is 3.05. The van der Waals surface area contributed by atoms with Crippen LogP contribution >= 0.6 is 0 Å². The first kappa shape index (κ1) is 20.5. The number of anilines is 2. The van der Waals surface area contributed by atoms with Crippen molar-refractivity contribution in [3.8, 4) is 0 Å². The molecule has 1 amide bonds. The van der Waals surface area contributed by atoms with E-state index in [9.17, 15) is 9.18 Å². The highest BCUT2D eigenvalue weighted by Gasteiger charge is 2.21. The first-order valence-corrected chi connectivity index (χ1v) is 9.21. The second-order valence-electron chi connectivity index (χ2n) is 6.70. The van der Waals surface area contributed by atoms with Crippen LogP contribution in [0.3, 0.4) is 0 Å². The van der Waals surface area contributed by atoms with E-state index in [1.807, 2.05) is 0 Å². The number of benzene rings is 1. The van der Waals surface area contributed by atoms with Gasteiger partial charge in [0.05, 0.1) is 24.5 Å². The van der Waals surface area contributed by atoms with Crippen molar-refractivity contribution in [2.24, 2.45) is 10.9 Å². The summed E-state index contributed by atoms with van der Waals surface area (Å²) in [6.07, 6.45) is 3.66. The van der Waals surface area contributed by atoms with Gasteiger partial charge in [0.1, 0.15) is 5.82 Å². The minimum absolute atomic E-state index is 0.0747. The van der Waals surface area contributed by atoms with E-state index >= 15 is 0 Å². The molecule has 1 aliphatic rings. The van der Waals surface area contributed by atoms with Crippen LogP contribution in [-0.2, 0) is 9.47 Å². The van der Waals surface area contributed by atoms with Crippen molar-refractivity contribution in [1.82, 2.24) is 4.98 Å². The van der Waals surface area contributed by atoms with Gasteiger partial charge in [-0.05, 0) is 43.2 Å². The molecule has 29 heavy (non-hydrogen) atoms. The first-order valence-electron chi connectivity index (χ1n) is 9.21. The number of hydrogen-bond donors (Lipinski definition) is 2. The molecule has 1 aromatic heterocycles. The summed E-state index contributed by atoms with van der Waals surface area (Å²) in [6.45, 7) is 6.98. The molecule has 1 saturated heterocycles. The third-order valence-corrected chi connectivity index (χ3v) is 4.50. The molecule has 0 saturated carbocycles. The molecule has 3 N–H and O–H groups in total. The van der Waals surface area contributed by atoms with E-state index in [1.54, 1.807) is 25.1 Å². The SMILES string of the molecule is C=C/N=C(/OCC1CCOC1)c1c(C)cc(NC(=O)c2ncccc2N)cc1F. The Bertz CT molecular complexity index is 916. The molecule has 8 heteroatoms. The average Bonchev–Trinajstić information content (AvgIpc) is 3.19. The van der Waals surface area contributed by atoms with E-state index in [2.05, 4.69) is 21.9 Å². The van der Waals surface area contributed by atoms with Crippen molar-refractivity contribution in [1.29, 1.82) is 0 Å². The van der Waals surface area contributed by atoms with E-state index in [1.165, 1.54) is 18.5 Å². The highest BCUT2D eigenvalue weighted by molar-refractivity contribution is 6.06. The maximum absolute atomic E-state index is 14.9. The molecule has 3 rings (SSSR count). The van der Waals surface area contributed by atoms with Crippen LogP contribution in [0.15, 0.2) is 48.2 Å². The molecule has 1 aromatic carbocycles. The molecule has 0 aliphatic carbocycles. The van der Waals surface area contributed by atoms with Gasteiger partial charge in [-0.3, -0.25) is 4.79 Å². The second kappa shape index (κ2) is 9.29. The number of ether oxygens (including phenoxy) is 2. The van der Waals surface area contributed by atoms with E-state index in [0.29, 0.717) is 25.4 Å². The molecular formula is C21H23FN4O3. The van der Waals surface area contributed by atoms with Crippen LogP contribution in [0.4, 0.5) is 15.8 Å². The lowest BCUT2D eigenvalue weighted by Crippen LogP contribution is -2.19. The van der Waals surface area contributed by atoms with Gasteiger partial charge < -0.3 is 20.5 Å². The topological polar surface area (TPSA) is 98.8 Å². The number of carbonyl (C=O) groups is 1. The molecule has 0 spiro atoms. The van der Waals surface area contributed by atoms with Crippen molar-refractivity contribution in [3.05, 3.63) is 65.9 Å². The highest BCUT2D eigenvalue weighted by atomic mass is 19.1. The predicted molar refractivity (Wildman–Crippen MR) is 109 cm³/mol. The number of nitrogens with one attached hydrogen (secondary N) is 1. The zero-order chi connectivity index (χ0) is 20.8. The number of aromatic nitrogens is 1. The van der Waals surface area contributed by atoms with E-state index in [0.717, 1.165) is 6.42 Å². The van der Waals surface area contributed by atoms with Gasteiger partial charge in [0.2, 0.25) is 5.90 Å². The number of nitrogen functional groups attached to an aromatic ring is 1. The number of nitrogens with zero attached hydrogens (tertiary/aromatic N) is 2. The number of aryl methyl sites for hydroxylation is 1. The first-order chi connectivity index (χ1) is 14.0. The van der Waals surface area contributed by atoms with Gasteiger partial charge in [0, 0.05) is 30.6 Å². The Morgan fingerprint density at radius 3 is 3.03 bits per heavy atom. The van der Waals surface area contributed by atoms with Crippen molar-refractivity contribution in [2.75, 3.05) is 30.9 Å². The van der Waals surface area contributed by atoms with Gasteiger partial charge in [-0.2, -0.15) is 0 Å². The monoisotopic (exact) mass is 398 g/mol. The Morgan fingerprint density at radius 1 is 1.55 bits per heavy atom. The Balaban J connectivity index is 1.80. The van der Waals surface area contributed by atoms with Gasteiger partial charge in [-0.25, -0.2) is 14.4 Å². The van der Waals surface area contributed by atoms with Crippen LogP contribution in [0.5, 0.6) is 0 Å². The summed E-state index contributed by atoms with van der Waals surface area (Å²) in [7, 11) is 0. The second-order valence-corrected chi connectivity index (χ2v) is 6.70. The Hall–Kier alpha value is -3.26. The number of aliphatic imine (C=N–C) groups is 1. The molecule has 2 heterocycles. The molecule has 1 aliphatic heterocycles. The van der Waals surface area contributed by atoms with Gasteiger partial charge in [0.15, 0.2) is 5.69 Å². The third-order valence-electron chi connectivity index (χ3n) is 4.50. The number of halogens is 1. The summed E-state index contributed by atoms with van der Waals surface area (Å²) in [5.74, 6) is -0.700. The molecule has 2 aromatic rings. The Labute approximate surface area is 168 Å². The maximum atomic E-state index is 14.9. The van der Waals surface area contributed by atoms with Gasteiger partial charge in [0.25, 0.3) is 5.91 Å². The molecule has 0 bridgehead atoms. The van der Waals surface area contributed by atoms with Crippen molar-refractivity contribution >= 4 is 23.2 Å². The average molecular weight is 398 g/mol. The fraction of sp³-hybridized carbons (Fsp3) is 0.286. The summed E-state index contributed by atoms with van der Waals surface area (Å²) in [5, 5.41) is 2.62. The van der Waals surface area contributed by atoms with E-state index in [-0.39, 0.29) is 34.4 Å². The van der Waals surface area contributed by atoms with Gasteiger partial charge in [-0.15, -0.1) is 0 Å². The zero-order valence-corrected chi connectivity index (χ0v) is 16.2. The van der Waals surface area contributed by atoms with Crippen LogP contribution < -0.4 is 11.1 Å². The minimum atomic E-state index is -0.572. The lowest BCUT2D eigenvalue weighted by Gasteiger charge is -2.16. The summed E-state index contributed by atoms with van der Waals surface area (Å²) < 4.78 is 26.0. The summed E-state index contributed by atoms with van der Waals surface area (Å²) >= 11 is 0. The summed E-state index contributed by atoms with van der Waals surface area (Å²) in [4.78, 5) is 20.4. The van der Waals surface area contributed by atoms with Crippen molar-refractivity contribution in [2.45, 2.75) is 13.3 Å². The molecule has 0 radical (unpaired) electrons. The van der Waals surface area contributed by atoms with E-state index in [4.69, 9.17) is 15.2 Å².